The maximum Gasteiger partial charge on any atom is 0.335 e. The number of fused-ring (bicyclic) bond motifs is 9. The number of rotatable bonds is 14. The van der Waals surface area contributed by atoms with Crippen molar-refractivity contribution in [1.29, 1.82) is 0 Å². The number of ether oxygens (including phenoxy) is 2. The maximum atomic E-state index is 13.6. The van der Waals surface area contributed by atoms with Gasteiger partial charge < -0.3 is 20.9 Å². The minimum Gasteiger partial charge on any atom is -0.464 e. The van der Waals surface area contributed by atoms with Crippen LogP contribution in [0.3, 0.4) is 0 Å². The topological polar surface area (TPSA) is 174 Å². The van der Waals surface area contributed by atoms with E-state index in [4.69, 9.17) is 50.5 Å². The SMILES string of the molecule is C=C1/C=C\c2ccc(c(N)c2N)/C=C\C(=C)c2cccc(n2)CN(C(C(=O)OCC)C(=O)OCC)CCN(C(COOCC)COOCC)Cc2cccc1n2. The number of carbonyl (C=O) groups is 2. The Kier molecular flexibility index (Phi) is 17.4. The normalized spacial score (nSPS) is 15.7. The highest BCUT2D eigenvalue weighted by molar-refractivity contribution is 5.99. The van der Waals surface area contributed by atoms with E-state index in [1.165, 1.54) is 0 Å². The van der Waals surface area contributed by atoms with Crippen molar-refractivity contribution in [3.05, 3.63) is 108 Å². The summed E-state index contributed by atoms with van der Waals surface area (Å²) in [6.07, 6.45) is 7.33. The van der Waals surface area contributed by atoms with E-state index in [9.17, 15) is 9.59 Å². The molecule has 300 valence electrons. The van der Waals surface area contributed by atoms with E-state index >= 15 is 0 Å². The molecule has 5 rings (SSSR count). The van der Waals surface area contributed by atoms with Crippen molar-refractivity contribution < 1.29 is 38.6 Å². The molecule has 2 aliphatic rings. The van der Waals surface area contributed by atoms with Crippen molar-refractivity contribution in [3.8, 4) is 0 Å². The second-order valence-electron chi connectivity index (χ2n) is 12.7. The van der Waals surface area contributed by atoms with Crippen LogP contribution in [0.4, 0.5) is 11.4 Å². The van der Waals surface area contributed by atoms with Crippen LogP contribution in [0.25, 0.3) is 23.3 Å². The minimum atomic E-state index is -1.39. The van der Waals surface area contributed by atoms with Gasteiger partial charge >= 0.3 is 11.9 Å². The van der Waals surface area contributed by atoms with Crippen LogP contribution >= 0.6 is 0 Å². The van der Waals surface area contributed by atoms with Gasteiger partial charge in [0.15, 0.2) is 0 Å². The standard InChI is InChI=1S/C42H54N6O8/c1-7-51-41(49)40(42(50)52-8-2)48-24-23-47(35(27-55-53-9-3)28-56-54-10-4)25-33-13-11-15-36(45-33)29(5)17-19-31-21-22-32(39(44)38(31)43)20-18-30(6)37-16-12-14-34(26-48)46-37/h11-22,35,40H,5-10,23-28,43-44H2,1-4H3/b19-17-,20-18-. The lowest BCUT2D eigenvalue weighted by molar-refractivity contribution is -0.324. The third-order valence-electron chi connectivity index (χ3n) is 8.78. The van der Waals surface area contributed by atoms with Gasteiger partial charge in [0.2, 0.25) is 6.04 Å². The number of nitrogens with two attached hydrogens (primary N) is 2. The Morgan fingerprint density at radius 2 is 1.09 bits per heavy atom. The summed E-state index contributed by atoms with van der Waals surface area (Å²) < 4.78 is 10.8. The van der Waals surface area contributed by atoms with E-state index in [-0.39, 0.29) is 39.5 Å². The van der Waals surface area contributed by atoms with E-state index in [0.29, 0.717) is 77.2 Å². The second-order valence-corrected chi connectivity index (χ2v) is 12.7. The highest BCUT2D eigenvalue weighted by Crippen LogP contribution is 2.29. The first-order valence-corrected chi connectivity index (χ1v) is 18.7. The Balaban J connectivity index is 1.87. The van der Waals surface area contributed by atoms with E-state index in [1.807, 2.05) is 86.7 Å². The number of hydrogen-bond donors (Lipinski definition) is 2. The van der Waals surface area contributed by atoms with Gasteiger partial charge in [-0.3, -0.25) is 19.8 Å². The van der Waals surface area contributed by atoms with Gasteiger partial charge in [-0.1, -0.05) is 61.7 Å². The summed E-state index contributed by atoms with van der Waals surface area (Å²) in [6.45, 7) is 17.4. The number of aromatic nitrogens is 2. The first kappa shape index (κ1) is 43.5. The molecule has 14 heteroatoms. The molecule has 3 aromatic rings. The average molecular weight is 771 g/mol. The molecular weight excluding hydrogens is 716 g/mol. The molecule has 0 unspecified atom stereocenters. The van der Waals surface area contributed by atoms with Crippen molar-refractivity contribution in [2.24, 2.45) is 0 Å². The molecule has 4 heterocycles. The zero-order chi connectivity index (χ0) is 40.5. The summed E-state index contributed by atoms with van der Waals surface area (Å²) in [4.78, 5) is 62.4. The Morgan fingerprint density at radius 1 is 0.643 bits per heavy atom. The fourth-order valence-corrected chi connectivity index (χ4v) is 5.88. The van der Waals surface area contributed by atoms with Crippen LogP contribution in [0.15, 0.2) is 73.8 Å². The van der Waals surface area contributed by atoms with Crippen molar-refractivity contribution in [2.75, 3.05) is 64.2 Å². The van der Waals surface area contributed by atoms with Crippen molar-refractivity contribution in [2.45, 2.75) is 52.9 Å². The van der Waals surface area contributed by atoms with Crippen LogP contribution in [0, 0.1) is 0 Å². The molecule has 4 N–H and O–H groups in total. The average Bonchev–Trinajstić information content (AvgIpc) is 3.19. The fraction of sp³-hybridized carbons (Fsp3) is 0.381. The zero-order valence-corrected chi connectivity index (χ0v) is 32.8. The van der Waals surface area contributed by atoms with E-state index in [2.05, 4.69) is 18.1 Å². The summed E-state index contributed by atoms with van der Waals surface area (Å²) in [7, 11) is 0. The number of anilines is 2. The molecule has 2 aromatic heterocycles. The molecule has 0 fully saturated rings. The van der Waals surface area contributed by atoms with Gasteiger partial charge in [0, 0.05) is 26.2 Å². The van der Waals surface area contributed by atoms with E-state index in [0.717, 1.165) is 5.56 Å². The Labute approximate surface area is 329 Å². The van der Waals surface area contributed by atoms with Crippen LogP contribution in [-0.4, -0.2) is 96.5 Å². The predicted molar refractivity (Wildman–Crippen MR) is 217 cm³/mol. The second kappa shape index (κ2) is 22.4. The fourth-order valence-electron chi connectivity index (χ4n) is 5.88. The number of hydrogen-bond acceptors (Lipinski definition) is 14. The van der Waals surface area contributed by atoms with E-state index in [1.54, 1.807) is 18.7 Å². The number of benzene rings is 1. The van der Waals surface area contributed by atoms with Crippen molar-refractivity contribution in [1.82, 2.24) is 19.8 Å². The third kappa shape index (κ3) is 12.4. The maximum absolute atomic E-state index is 13.6. The summed E-state index contributed by atoms with van der Waals surface area (Å²) in [5.74, 6) is -1.47. The summed E-state index contributed by atoms with van der Waals surface area (Å²) in [5, 5.41) is 0. The lowest BCUT2D eigenvalue weighted by atomic mass is 10.0. The summed E-state index contributed by atoms with van der Waals surface area (Å²) >= 11 is 0. The summed E-state index contributed by atoms with van der Waals surface area (Å²) in [6, 6.07) is 13.1. The number of nitrogen functional groups attached to an aromatic ring is 2. The molecule has 14 nitrogen and oxygen atoms in total. The first-order chi connectivity index (χ1) is 27.1. The number of allylic oxidation sites excluding steroid dienone is 4. The molecule has 0 atom stereocenters. The molecule has 0 saturated heterocycles. The van der Waals surface area contributed by atoms with Gasteiger partial charge in [0.05, 0.1) is 66.6 Å². The van der Waals surface area contributed by atoms with Gasteiger partial charge in [-0.15, -0.1) is 0 Å². The monoisotopic (exact) mass is 770 g/mol. The van der Waals surface area contributed by atoms with Crippen LogP contribution < -0.4 is 11.5 Å². The Morgan fingerprint density at radius 3 is 1.54 bits per heavy atom. The third-order valence-corrected chi connectivity index (χ3v) is 8.78. The van der Waals surface area contributed by atoms with Crippen LogP contribution in [0.5, 0.6) is 0 Å². The van der Waals surface area contributed by atoms with Gasteiger partial charge in [0.1, 0.15) is 13.2 Å². The quantitative estimate of drug-likeness (QED) is 0.0525. The molecule has 2 aliphatic heterocycles. The molecule has 0 radical (unpaired) electrons. The molecule has 56 heavy (non-hydrogen) atoms. The number of pyridine rings is 2. The highest BCUT2D eigenvalue weighted by atomic mass is 17.2. The van der Waals surface area contributed by atoms with Crippen LogP contribution in [0.1, 0.15) is 61.6 Å². The predicted octanol–water partition coefficient (Wildman–Crippen LogP) is 5.51. The Hall–Kier alpha value is -5.22. The molecular formula is C42H54N6O8. The Bertz CT molecular complexity index is 1840. The van der Waals surface area contributed by atoms with Gasteiger partial charge in [-0.2, -0.15) is 0 Å². The van der Waals surface area contributed by atoms with Crippen LogP contribution in [-0.2, 0) is 51.7 Å². The smallest absolute Gasteiger partial charge is 0.335 e. The summed E-state index contributed by atoms with van der Waals surface area (Å²) in [5.41, 5.74) is 19.1. The van der Waals surface area contributed by atoms with Crippen molar-refractivity contribution >= 4 is 46.6 Å². The molecule has 0 saturated carbocycles. The van der Waals surface area contributed by atoms with Crippen LogP contribution in [0.2, 0.25) is 0 Å². The lowest BCUT2D eigenvalue weighted by Crippen LogP contribution is -2.52. The first-order valence-electron chi connectivity index (χ1n) is 18.7. The largest absolute Gasteiger partial charge is 0.464 e. The van der Waals surface area contributed by atoms with Gasteiger partial charge in [0.25, 0.3) is 0 Å². The number of carbonyl (C=O) groups excluding carboxylic acids is 2. The molecule has 6 bridgehead atoms. The molecule has 0 aliphatic carbocycles. The zero-order valence-electron chi connectivity index (χ0n) is 32.8. The molecule has 1 aromatic carbocycles. The molecule has 0 amide bonds. The van der Waals surface area contributed by atoms with Crippen molar-refractivity contribution in [3.63, 3.8) is 0 Å². The lowest BCUT2D eigenvalue weighted by Gasteiger charge is -2.34. The van der Waals surface area contributed by atoms with Gasteiger partial charge in [-0.25, -0.2) is 29.1 Å². The van der Waals surface area contributed by atoms with Gasteiger partial charge in [-0.05, 0) is 74.2 Å². The number of nitrogens with zero attached hydrogens (tertiary/aromatic N) is 4. The van der Waals surface area contributed by atoms with E-state index < -0.39 is 24.0 Å². The minimum absolute atomic E-state index is 0.0710. The number of esters is 2. The highest BCUT2D eigenvalue weighted by Gasteiger charge is 2.37. The molecule has 0 spiro atoms.